The van der Waals surface area contributed by atoms with Gasteiger partial charge in [0.2, 0.25) is 0 Å². The van der Waals surface area contributed by atoms with Gasteiger partial charge in [0, 0.05) is 44.9 Å². The fourth-order valence-electron chi connectivity index (χ4n) is 2.97. The Kier molecular flexibility index (Phi) is 4.51. The summed E-state index contributed by atoms with van der Waals surface area (Å²) in [6.07, 6.45) is 1.58. The highest BCUT2D eigenvalue weighted by atomic mass is 19.1. The molecule has 0 spiro atoms. The van der Waals surface area contributed by atoms with Crippen LogP contribution in [0.2, 0.25) is 0 Å². The summed E-state index contributed by atoms with van der Waals surface area (Å²) < 4.78 is 19.1. The van der Waals surface area contributed by atoms with Gasteiger partial charge in [0.05, 0.1) is 0 Å². The lowest BCUT2D eigenvalue weighted by Crippen LogP contribution is -2.51. The monoisotopic (exact) mass is 292 g/mol. The molecule has 1 aromatic rings. The average molecular weight is 292 g/mol. The minimum absolute atomic E-state index is 0.123. The van der Waals surface area contributed by atoms with Crippen molar-refractivity contribution < 1.29 is 13.9 Å². The Hall–Kier alpha value is -1.46. The summed E-state index contributed by atoms with van der Waals surface area (Å²) in [6, 6.07) is 6.87. The molecule has 0 N–H and O–H groups in total. The third-order valence-corrected chi connectivity index (χ3v) is 4.24. The Balaban J connectivity index is 1.51. The molecule has 0 aromatic heterocycles. The summed E-state index contributed by atoms with van der Waals surface area (Å²) in [4.78, 5) is 16.3. The summed E-state index contributed by atoms with van der Waals surface area (Å²) in [5, 5.41) is 0. The number of carbonyl (C=O) groups is 1. The highest BCUT2D eigenvalue weighted by molar-refractivity contribution is 5.81. The Morgan fingerprint density at radius 1 is 1.24 bits per heavy atom. The number of hydrogen-bond acceptors (Lipinski definition) is 3. The Bertz CT molecular complexity index is 495. The van der Waals surface area contributed by atoms with Crippen molar-refractivity contribution in [1.82, 2.24) is 9.80 Å². The lowest BCUT2D eigenvalue weighted by atomic mass is 10.1. The first-order valence-electron chi connectivity index (χ1n) is 7.60. The predicted molar refractivity (Wildman–Crippen MR) is 77.2 cm³/mol. The number of nitrogens with zero attached hydrogens (tertiary/aromatic N) is 2. The van der Waals surface area contributed by atoms with Crippen LogP contribution in [0.1, 0.15) is 18.4 Å². The van der Waals surface area contributed by atoms with Crippen molar-refractivity contribution in [2.45, 2.75) is 25.5 Å². The standard InChI is InChI=1S/C16H21FN2O2/c17-14-5-2-1-4-13(14)12-18-7-9-19(10-8-18)16(20)15-6-3-11-21-15/h1-2,4-5,15H,3,6-12H2/t15-/m0/s1. The number of benzene rings is 1. The van der Waals surface area contributed by atoms with E-state index in [4.69, 9.17) is 4.74 Å². The van der Waals surface area contributed by atoms with Crippen molar-refractivity contribution in [1.29, 1.82) is 0 Å². The van der Waals surface area contributed by atoms with Crippen molar-refractivity contribution in [3.63, 3.8) is 0 Å². The maximum atomic E-state index is 13.6. The molecule has 2 saturated heterocycles. The molecule has 0 aliphatic carbocycles. The van der Waals surface area contributed by atoms with Crippen LogP contribution in [0.25, 0.3) is 0 Å². The Morgan fingerprint density at radius 2 is 2.00 bits per heavy atom. The number of carbonyl (C=O) groups excluding carboxylic acids is 1. The van der Waals surface area contributed by atoms with Crippen LogP contribution in [0.4, 0.5) is 4.39 Å². The number of halogens is 1. The second kappa shape index (κ2) is 6.54. The molecule has 1 aromatic carbocycles. The van der Waals surface area contributed by atoms with Gasteiger partial charge in [-0.1, -0.05) is 18.2 Å². The van der Waals surface area contributed by atoms with E-state index in [-0.39, 0.29) is 17.8 Å². The van der Waals surface area contributed by atoms with Crippen LogP contribution in [0.5, 0.6) is 0 Å². The van der Waals surface area contributed by atoms with E-state index in [1.54, 1.807) is 6.07 Å². The van der Waals surface area contributed by atoms with Gasteiger partial charge in [0.25, 0.3) is 5.91 Å². The molecule has 114 valence electrons. The zero-order valence-electron chi connectivity index (χ0n) is 12.1. The molecule has 0 radical (unpaired) electrons. The maximum absolute atomic E-state index is 13.6. The van der Waals surface area contributed by atoms with Gasteiger partial charge in [-0.3, -0.25) is 9.69 Å². The largest absolute Gasteiger partial charge is 0.368 e. The Labute approximate surface area is 124 Å². The maximum Gasteiger partial charge on any atom is 0.251 e. The molecule has 0 unspecified atom stereocenters. The molecule has 0 saturated carbocycles. The lowest BCUT2D eigenvalue weighted by molar-refractivity contribution is -0.142. The van der Waals surface area contributed by atoms with E-state index in [0.717, 1.165) is 31.5 Å². The van der Waals surface area contributed by atoms with Crippen LogP contribution in [0, 0.1) is 5.82 Å². The van der Waals surface area contributed by atoms with Crippen molar-refractivity contribution in [3.05, 3.63) is 35.6 Å². The second-order valence-corrected chi connectivity index (χ2v) is 5.69. The number of hydrogen-bond donors (Lipinski definition) is 0. The van der Waals surface area contributed by atoms with Gasteiger partial charge < -0.3 is 9.64 Å². The second-order valence-electron chi connectivity index (χ2n) is 5.69. The SMILES string of the molecule is O=C([C@@H]1CCCO1)N1CCN(Cc2ccccc2F)CC1. The van der Waals surface area contributed by atoms with E-state index < -0.39 is 0 Å². The smallest absolute Gasteiger partial charge is 0.251 e. The summed E-state index contributed by atoms with van der Waals surface area (Å²) >= 11 is 0. The van der Waals surface area contributed by atoms with Gasteiger partial charge in [0.15, 0.2) is 0 Å². The van der Waals surface area contributed by atoms with Crippen LogP contribution in [-0.2, 0) is 16.1 Å². The fourth-order valence-corrected chi connectivity index (χ4v) is 2.97. The van der Waals surface area contributed by atoms with Crippen LogP contribution < -0.4 is 0 Å². The molecular formula is C16H21FN2O2. The third-order valence-electron chi connectivity index (χ3n) is 4.24. The van der Waals surface area contributed by atoms with E-state index in [1.165, 1.54) is 6.07 Å². The van der Waals surface area contributed by atoms with Gasteiger partial charge in [0.1, 0.15) is 11.9 Å². The van der Waals surface area contributed by atoms with Gasteiger partial charge in [-0.15, -0.1) is 0 Å². The normalized spacial score (nSPS) is 23.5. The van der Waals surface area contributed by atoms with Crippen molar-refractivity contribution in [2.75, 3.05) is 32.8 Å². The van der Waals surface area contributed by atoms with E-state index >= 15 is 0 Å². The first-order chi connectivity index (χ1) is 10.2. The first kappa shape index (κ1) is 14.5. The molecule has 5 heteroatoms. The molecular weight excluding hydrogens is 271 g/mol. The molecule has 1 amide bonds. The lowest BCUT2D eigenvalue weighted by Gasteiger charge is -2.35. The van der Waals surface area contributed by atoms with E-state index in [2.05, 4.69) is 4.90 Å². The topological polar surface area (TPSA) is 32.8 Å². The van der Waals surface area contributed by atoms with Crippen molar-refractivity contribution in [3.8, 4) is 0 Å². The number of amides is 1. The summed E-state index contributed by atoms with van der Waals surface area (Å²) in [5.74, 6) is -0.0339. The molecule has 2 fully saturated rings. The first-order valence-corrected chi connectivity index (χ1v) is 7.60. The molecule has 2 aliphatic rings. The van der Waals surface area contributed by atoms with E-state index in [0.29, 0.717) is 26.2 Å². The molecule has 2 heterocycles. The minimum atomic E-state index is -0.233. The average Bonchev–Trinajstić information content (AvgIpc) is 3.04. The minimum Gasteiger partial charge on any atom is -0.368 e. The molecule has 0 bridgehead atoms. The molecule has 4 nitrogen and oxygen atoms in total. The summed E-state index contributed by atoms with van der Waals surface area (Å²) in [7, 11) is 0. The number of piperazine rings is 1. The predicted octanol–water partition coefficient (Wildman–Crippen LogP) is 1.65. The molecule has 3 rings (SSSR count). The van der Waals surface area contributed by atoms with Crippen molar-refractivity contribution >= 4 is 5.91 Å². The summed E-state index contributed by atoms with van der Waals surface area (Å²) in [5.41, 5.74) is 0.719. The van der Waals surface area contributed by atoms with Crippen LogP contribution in [0.15, 0.2) is 24.3 Å². The number of ether oxygens (including phenoxy) is 1. The van der Waals surface area contributed by atoms with Gasteiger partial charge in [-0.25, -0.2) is 4.39 Å². The summed E-state index contributed by atoms with van der Waals surface area (Å²) in [6.45, 7) is 4.28. The number of rotatable bonds is 3. The van der Waals surface area contributed by atoms with E-state index in [1.807, 2.05) is 17.0 Å². The third kappa shape index (κ3) is 3.41. The van der Waals surface area contributed by atoms with Crippen molar-refractivity contribution in [2.24, 2.45) is 0 Å². The van der Waals surface area contributed by atoms with Crippen LogP contribution in [-0.4, -0.2) is 54.6 Å². The molecule has 1 atom stereocenters. The van der Waals surface area contributed by atoms with E-state index in [9.17, 15) is 9.18 Å². The van der Waals surface area contributed by atoms with Crippen LogP contribution >= 0.6 is 0 Å². The zero-order chi connectivity index (χ0) is 14.7. The zero-order valence-corrected chi connectivity index (χ0v) is 12.1. The quantitative estimate of drug-likeness (QED) is 0.849. The van der Waals surface area contributed by atoms with Gasteiger partial charge >= 0.3 is 0 Å². The Morgan fingerprint density at radius 3 is 2.67 bits per heavy atom. The molecule has 2 aliphatic heterocycles. The van der Waals surface area contributed by atoms with Gasteiger partial charge in [-0.2, -0.15) is 0 Å². The fraction of sp³-hybridized carbons (Fsp3) is 0.562. The van der Waals surface area contributed by atoms with Gasteiger partial charge in [-0.05, 0) is 18.9 Å². The van der Waals surface area contributed by atoms with Crippen LogP contribution in [0.3, 0.4) is 0 Å². The highest BCUT2D eigenvalue weighted by Gasteiger charge is 2.30. The highest BCUT2D eigenvalue weighted by Crippen LogP contribution is 2.17. The molecule has 21 heavy (non-hydrogen) atoms.